The van der Waals surface area contributed by atoms with Gasteiger partial charge in [-0.15, -0.1) is 0 Å². The monoisotopic (exact) mass is 942 g/mol. The first-order chi connectivity index (χ1) is 31.5. The first-order valence-electron chi connectivity index (χ1n) is 22.8. The van der Waals surface area contributed by atoms with Crippen LogP contribution in [0.1, 0.15) is 96.4 Å². The first-order valence-corrected chi connectivity index (χ1v) is 26.0. The second-order valence-corrected chi connectivity index (χ2v) is 22.7. The summed E-state index contributed by atoms with van der Waals surface area (Å²) in [5, 5.41) is 4.42. The van der Waals surface area contributed by atoms with E-state index in [9.17, 15) is 30.7 Å². The summed E-state index contributed by atoms with van der Waals surface area (Å²) < 4.78 is 81.9. The molecular weight excluding hydrogens is 885 g/mol. The van der Waals surface area contributed by atoms with Gasteiger partial charge < -0.3 is 18.9 Å². The van der Waals surface area contributed by atoms with Gasteiger partial charge in [0.2, 0.25) is 5.69 Å². The van der Waals surface area contributed by atoms with Crippen molar-refractivity contribution in [2.75, 3.05) is 29.5 Å². The summed E-state index contributed by atoms with van der Waals surface area (Å²) in [6.45, 7) is 15.0. The highest BCUT2D eigenvalue weighted by Crippen LogP contribution is 2.52. The van der Waals surface area contributed by atoms with Crippen molar-refractivity contribution in [1.29, 1.82) is 0 Å². The van der Waals surface area contributed by atoms with Gasteiger partial charge in [0.25, 0.3) is 10.1 Å². The fraction of sp³-hybridized carbons (Fsp3) is 0.333. The summed E-state index contributed by atoms with van der Waals surface area (Å²) in [4.78, 5) is 16.0. The van der Waals surface area contributed by atoms with Gasteiger partial charge in [0, 0.05) is 64.4 Å². The number of unbranched alkanes of at least 4 members (excludes halogenated alkanes) is 2. The normalized spacial score (nSPS) is 17.9. The fourth-order valence-corrected chi connectivity index (χ4v) is 11.2. The summed E-state index contributed by atoms with van der Waals surface area (Å²) in [6, 6.07) is 32.8. The molecule has 0 amide bonds. The fourth-order valence-electron chi connectivity index (χ4n) is 10.1. The van der Waals surface area contributed by atoms with Gasteiger partial charge in [-0.3, -0.25) is 4.55 Å². The van der Waals surface area contributed by atoms with Crippen molar-refractivity contribution in [2.24, 2.45) is 0 Å². The zero-order valence-corrected chi connectivity index (χ0v) is 40.8. The van der Waals surface area contributed by atoms with Crippen LogP contribution in [0.3, 0.4) is 0 Å². The van der Waals surface area contributed by atoms with E-state index < -0.39 is 48.6 Å². The Labute approximate surface area is 394 Å². The minimum absolute atomic E-state index is 0.221. The highest BCUT2D eigenvalue weighted by molar-refractivity contribution is 7.85. The Morgan fingerprint density at radius 2 is 1.34 bits per heavy atom. The Balaban J connectivity index is 1.28. The Bertz CT molecular complexity index is 3200. The van der Waals surface area contributed by atoms with E-state index in [-0.39, 0.29) is 18.6 Å². The molecule has 8 rings (SSSR count). The molecule has 0 aromatic heterocycles. The second-order valence-electron chi connectivity index (χ2n) is 19.6. The van der Waals surface area contributed by atoms with Gasteiger partial charge in [-0.05, 0) is 122 Å². The molecule has 0 radical (unpaired) electrons. The summed E-state index contributed by atoms with van der Waals surface area (Å²) >= 11 is 0. The molecule has 5 aromatic carbocycles. The minimum Gasteiger partial charge on any atom is -0.748 e. The van der Waals surface area contributed by atoms with E-state index in [1.807, 2.05) is 60.7 Å². The molecule has 1 N–H and O–H groups in total. The van der Waals surface area contributed by atoms with E-state index in [2.05, 4.69) is 97.9 Å². The van der Waals surface area contributed by atoms with Gasteiger partial charge in [-0.2, -0.15) is 13.0 Å². The van der Waals surface area contributed by atoms with E-state index in [1.165, 1.54) is 0 Å². The lowest BCUT2D eigenvalue weighted by atomic mass is 9.79. The number of allylic oxidation sites excluding steroid dienone is 7. The summed E-state index contributed by atoms with van der Waals surface area (Å²) in [6.07, 6.45) is 8.71. The number of hydrogen-bond donors (Lipinski definition) is 1. The predicted octanol–water partition coefficient (Wildman–Crippen LogP) is 11.4. The SMILES string of the molecule is CC(C)(C)OC(=O)OC1=C(/C=C/C2=[N+](CCCCS(=O)(=O)O)c3ccc4ccccc4c3C2(C)C)c2ccccc2/C1=C\C=C1\N(CCCCS(=O)(=O)[O-])c2ccc3ccccc3c2C1(C)C. The number of nitrogens with zero attached hydrogens (tertiary/aromatic N) is 2. The molecule has 0 unspecified atom stereocenters. The number of ether oxygens (including phenoxy) is 2. The van der Waals surface area contributed by atoms with Crippen LogP contribution in [0.4, 0.5) is 16.2 Å². The molecule has 0 saturated heterocycles. The summed E-state index contributed by atoms with van der Waals surface area (Å²) in [7, 11) is -8.49. The van der Waals surface area contributed by atoms with Gasteiger partial charge >= 0.3 is 6.16 Å². The van der Waals surface area contributed by atoms with Crippen molar-refractivity contribution in [3.63, 3.8) is 0 Å². The number of benzene rings is 5. The molecule has 0 saturated carbocycles. The quantitative estimate of drug-likeness (QED) is 0.0492. The standard InChI is InChI=1S/C54H58N2O9S2/c1-52(2,3)65-51(57)64-50-42(26-30-46-53(4,5)48-38-20-10-8-18-36(38)24-28-44(48)55(46)32-14-16-34-66(58,59)60)40-22-12-13-23-41(40)43(50)27-31-47-54(6,7)49-39-21-11-9-19-37(39)25-29-45(49)56(47)33-15-17-35-67(61,62)63/h8-13,18-31H,14-17,32-35H2,1-7H3,(H-,58,59,60,61,62,63). The lowest BCUT2D eigenvalue weighted by Crippen LogP contribution is -2.28. The van der Waals surface area contributed by atoms with Crippen molar-refractivity contribution in [1.82, 2.24) is 0 Å². The first kappa shape index (κ1) is 47.6. The molecule has 0 spiro atoms. The smallest absolute Gasteiger partial charge is 0.514 e. The molecule has 0 atom stereocenters. The zero-order chi connectivity index (χ0) is 48.1. The Kier molecular flexibility index (Phi) is 12.8. The van der Waals surface area contributed by atoms with Crippen LogP contribution < -0.4 is 4.90 Å². The molecule has 1 aliphatic carbocycles. The Morgan fingerprint density at radius 1 is 0.731 bits per heavy atom. The van der Waals surface area contributed by atoms with Crippen molar-refractivity contribution in [2.45, 2.75) is 90.6 Å². The number of carbonyl (C=O) groups excluding carboxylic acids is 1. The second kappa shape index (κ2) is 18.0. The zero-order valence-electron chi connectivity index (χ0n) is 39.1. The van der Waals surface area contributed by atoms with E-state index in [1.54, 1.807) is 20.8 Å². The third kappa shape index (κ3) is 9.78. The highest BCUT2D eigenvalue weighted by Gasteiger charge is 2.46. The molecule has 13 heteroatoms. The lowest BCUT2D eigenvalue weighted by molar-refractivity contribution is -0.438. The molecule has 350 valence electrons. The molecule has 67 heavy (non-hydrogen) atoms. The Hall–Kier alpha value is -5.86. The van der Waals surface area contributed by atoms with Crippen LogP contribution in [-0.4, -0.2) is 72.6 Å². The van der Waals surface area contributed by atoms with Crippen molar-refractivity contribution in [3.8, 4) is 0 Å². The number of rotatable bonds is 14. The summed E-state index contributed by atoms with van der Waals surface area (Å²) in [5.41, 5.74) is 7.34. The average molecular weight is 943 g/mol. The topological polar surface area (TPSA) is 153 Å². The van der Waals surface area contributed by atoms with Crippen LogP contribution >= 0.6 is 0 Å². The van der Waals surface area contributed by atoms with Crippen molar-refractivity contribution < 1.29 is 44.8 Å². The van der Waals surface area contributed by atoms with Crippen LogP contribution in [0.15, 0.2) is 133 Å². The maximum atomic E-state index is 13.8. The molecule has 2 aliphatic heterocycles. The van der Waals surface area contributed by atoms with Crippen LogP contribution in [0.25, 0.3) is 32.7 Å². The molecule has 11 nitrogen and oxygen atoms in total. The summed E-state index contributed by atoms with van der Waals surface area (Å²) in [5.74, 6) is -0.455. The van der Waals surface area contributed by atoms with E-state index >= 15 is 0 Å². The molecule has 2 heterocycles. The molecule has 3 aliphatic rings. The van der Waals surface area contributed by atoms with Crippen molar-refractivity contribution in [3.05, 3.63) is 155 Å². The van der Waals surface area contributed by atoms with Crippen LogP contribution in [0.5, 0.6) is 0 Å². The number of anilines is 1. The van der Waals surface area contributed by atoms with Crippen LogP contribution in [-0.2, 0) is 40.5 Å². The van der Waals surface area contributed by atoms with E-state index in [0.717, 1.165) is 66.6 Å². The molecule has 0 fully saturated rings. The van der Waals surface area contributed by atoms with Gasteiger partial charge in [-0.25, -0.2) is 13.2 Å². The van der Waals surface area contributed by atoms with Crippen molar-refractivity contribution >= 4 is 76.2 Å². The van der Waals surface area contributed by atoms with E-state index in [0.29, 0.717) is 42.8 Å². The largest absolute Gasteiger partial charge is 0.748 e. The number of fused-ring (bicyclic) bond motifs is 7. The minimum atomic E-state index is -4.37. The van der Waals surface area contributed by atoms with Crippen LogP contribution in [0.2, 0.25) is 0 Å². The number of carbonyl (C=O) groups is 1. The highest BCUT2D eigenvalue weighted by atomic mass is 32.2. The maximum absolute atomic E-state index is 13.8. The van der Waals surface area contributed by atoms with Gasteiger partial charge in [-0.1, -0.05) is 92.7 Å². The number of hydrogen-bond acceptors (Lipinski definition) is 9. The predicted molar refractivity (Wildman–Crippen MR) is 266 cm³/mol. The van der Waals surface area contributed by atoms with Crippen LogP contribution in [0, 0.1) is 0 Å². The lowest BCUT2D eigenvalue weighted by Gasteiger charge is -2.27. The van der Waals surface area contributed by atoms with Gasteiger partial charge in [0.05, 0.1) is 21.3 Å². The maximum Gasteiger partial charge on any atom is 0.514 e. The molecule has 5 aromatic rings. The molecule has 0 bridgehead atoms. The van der Waals surface area contributed by atoms with Gasteiger partial charge in [0.1, 0.15) is 17.9 Å². The van der Waals surface area contributed by atoms with Gasteiger partial charge in [0.15, 0.2) is 5.71 Å². The third-order valence-electron chi connectivity index (χ3n) is 13.0. The third-order valence-corrected chi connectivity index (χ3v) is 14.5. The van der Waals surface area contributed by atoms with E-state index in [4.69, 9.17) is 9.47 Å². The average Bonchev–Trinajstić information content (AvgIpc) is 3.75. The Morgan fingerprint density at radius 3 is 2.00 bits per heavy atom. The molecular formula is C54H58N2O9S2.